The molecule has 0 radical (unpaired) electrons. The lowest BCUT2D eigenvalue weighted by atomic mass is 9.90. The second-order valence-electron chi connectivity index (χ2n) is 5.20. The van der Waals surface area contributed by atoms with Gasteiger partial charge in [0.2, 0.25) is 0 Å². The number of thiazole rings is 1. The van der Waals surface area contributed by atoms with E-state index in [2.05, 4.69) is 24.2 Å². The molecule has 0 unspecified atom stereocenters. The number of hydrogen-bond donors (Lipinski definition) is 0. The first kappa shape index (κ1) is 12.1. The Kier molecular flexibility index (Phi) is 3.98. The van der Waals surface area contributed by atoms with Crippen molar-refractivity contribution in [2.75, 3.05) is 6.61 Å². The number of ether oxygens (including phenoxy) is 1. The third-order valence-corrected chi connectivity index (χ3v) is 4.04. The van der Waals surface area contributed by atoms with E-state index < -0.39 is 0 Å². The molecule has 0 bridgehead atoms. The van der Waals surface area contributed by atoms with Gasteiger partial charge in [0.25, 0.3) is 0 Å². The highest BCUT2D eigenvalue weighted by Crippen LogP contribution is 2.29. The van der Waals surface area contributed by atoms with Gasteiger partial charge in [0.05, 0.1) is 17.8 Å². The topological polar surface area (TPSA) is 22.1 Å². The first-order chi connectivity index (χ1) is 7.68. The molecule has 1 heterocycles. The van der Waals surface area contributed by atoms with Gasteiger partial charge < -0.3 is 4.74 Å². The Labute approximate surface area is 102 Å². The zero-order valence-corrected chi connectivity index (χ0v) is 11.1. The van der Waals surface area contributed by atoms with Crippen molar-refractivity contribution in [1.29, 1.82) is 0 Å². The smallest absolute Gasteiger partial charge is 0.105 e. The standard InChI is InChI=1S/C13H21NOS/c1-13(2,12-9-16-10-14-12)15-8-11-6-4-3-5-7-11/h9-11H,3-8H2,1-2H3. The zero-order valence-electron chi connectivity index (χ0n) is 10.2. The monoisotopic (exact) mass is 239 g/mol. The Hall–Kier alpha value is -0.410. The molecule has 3 heteroatoms. The van der Waals surface area contributed by atoms with E-state index in [1.807, 2.05) is 5.51 Å². The number of aromatic nitrogens is 1. The summed E-state index contributed by atoms with van der Waals surface area (Å²) in [4.78, 5) is 4.35. The van der Waals surface area contributed by atoms with Crippen molar-refractivity contribution >= 4 is 11.3 Å². The summed E-state index contributed by atoms with van der Waals surface area (Å²) in [5.41, 5.74) is 2.71. The molecule has 1 saturated carbocycles. The predicted octanol–water partition coefficient (Wildman–Crippen LogP) is 3.98. The lowest BCUT2D eigenvalue weighted by Crippen LogP contribution is -2.26. The molecule has 1 fully saturated rings. The molecular formula is C13H21NOS. The molecule has 2 nitrogen and oxygen atoms in total. The lowest BCUT2D eigenvalue weighted by molar-refractivity contribution is -0.0470. The van der Waals surface area contributed by atoms with Crippen molar-refractivity contribution in [3.05, 3.63) is 16.6 Å². The molecule has 0 spiro atoms. The van der Waals surface area contributed by atoms with Crippen LogP contribution in [0, 0.1) is 5.92 Å². The van der Waals surface area contributed by atoms with Crippen molar-refractivity contribution in [2.24, 2.45) is 5.92 Å². The highest BCUT2D eigenvalue weighted by Gasteiger charge is 2.25. The normalized spacial score (nSPS) is 18.9. The van der Waals surface area contributed by atoms with Gasteiger partial charge in [-0.1, -0.05) is 19.3 Å². The third-order valence-electron chi connectivity index (χ3n) is 3.45. The summed E-state index contributed by atoms with van der Waals surface area (Å²) in [6.45, 7) is 5.13. The molecule has 1 aliphatic carbocycles. The van der Waals surface area contributed by atoms with E-state index in [-0.39, 0.29) is 5.60 Å². The molecule has 0 aliphatic heterocycles. The van der Waals surface area contributed by atoms with Crippen molar-refractivity contribution in [2.45, 2.75) is 51.6 Å². The molecule has 0 amide bonds. The van der Waals surface area contributed by atoms with Crippen LogP contribution in [0.15, 0.2) is 10.9 Å². The maximum absolute atomic E-state index is 6.06. The molecule has 90 valence electrons. The summed E-state index contributed by atoms with van der Waals surface area (Å²) >= 11 is 1.64. The van der Waals surface area contributed by atoms with Gasteiger partial charge in [0, 0.05) is 5.38 Å². The Morgan fingerprint density at radius 3 is 2.75 bits per heavy atom. The minimum Gasteiger partial charge on any atom is -0.369 e. The Bertz CT molecular complexity index is 302. The van der Waals surface area contributed by atoms with Crippen molar-refractivity contribution in [1.82, 2.24) is 4.98 Å². The quantitative estimate of drug-likeness (QED) is 0.793. The molecule has 0 atom stereocenters. The van der Waals surface area contributed by atoms with E-state index in [9.17, 15) is 0 Å². The Morgan fingerprint density at radius 1 is 1.38 bits per heavy atom. The van der Waals surface area contributed by atoms with Gasteiger partial charge in [0.15, 0.2) is 0 Å². The van der Waals surface area contributed by atoms with Crippen LogP contribution in [0.25, 0.3) is 0 Å². The maximum Gasteiger partial charge on any atom is 0.105 e. The molecule has 1 aromatic heterocycles. The van der Waals surface area contributed by atoms with E-state index in [0.29, 0.717) is 0 Å². The fourth-order valence-corrected chi connectivity index (χ4v) is 2.97. The van der Waals surface area contributed by atoms with Gasteiger partial charge in [0.1, 0.15) is 5.60 Å². The van der Waals surface area contributed by atoms with Crippen LogP contribution >= 0.6 is 11.3 Å². The van der Waals surface area contributed by atoms with Gasteiger partial charge in [-0.05, 0) is 32.6 Å². The average molecular weight is 239 g/mol. The van der Waals surface area contributed by atoms with Crippen LogP contribution in [0.2, 0.25) is 0 Å². The van der Waals surface area contributed by atoms with Crippen molar-refractivity contribution in [3.63, 3.8) is 0 Å². The van der Waals surface area contributed by atoms with Crippen LogP contribution in [0.4, 0.5) is 0 Å². The largest absolute Gasteiger partial charge is 0.369 e. The summed E-state index contributed by atoms with van der Waals surface area (Å²) in [6, 6.07) is 0. The molecule has 0 saturated heterocycles. The minimum absolute atomic E-state index is 0.225. The molecular weight excluding hydrogens is 218 g/mol. The summed E-state index contributed by atoms with van der Waals surface area (Å²) in [5.74, 6) is 0.770. The Morgan fingerprint density at radius 2 is 2.12 bits per heavy atom. The lowest BCUT2D eigenvalue weighted by Gasteiger charge is -2.28. The van der Waals surface area contributed by atoms with Crippen LogP contribution in [0.1, 0.15) is 51.6 Å². The first-order valence-corrected chi connectivity index (χ1v) is 7.15. The number of rotatable bonds is 4. The van der Waals surface area contributed by atoms with Crippen LogP contribution in [-0.4, -0.2) is 11.6 Å². The molecule has 0 aromatic carbocycles. The zero-order chi connectivity index (χ0) is 11.4. The van der Waals surface area contributed by atoms with Gasteiger partial charge in [-0.2, -0.15) is 0 Å². The molecule has 1 aromatic rings. The van der Waals surface area contributed by atoms with Gasteiger partial charge in [-0.15, -0.1) is 11.3 Å². The van der Waals surface area contributed by atoms with Crippen molar-refractivity contribution < 1.29 is 4.74 Å². The third kappa shape index (κ3) is 3.05. The Balaban J connectivity index is 1.84. The van der Waals surface area contributed by atoms with E-state index in [0.717, 1.165) is 18.2 Å². The highest BCUT2D eigenvalue weighted by atomic mass is 32.1. The van der Waals surface area contributed by atoms with Crippen LogP contribution in [-0.2, 0) is 10.3 Å². The maximum atomic E-state index is 6.06. The highest BCUT2D eigenvalue weighted by molar-refractivity contribution is 7.07. The summed E-state index contributed by atoms with van der Waals surface area (Å²) < 4.78 is 6.06. The van der Waals surface area contributed by atoms with E-state index in [1.54, 1.807) is 11.3 Å². The fraction of sp³-hybridized carbons (Fsp3) is 0.769. The molecule has 16 heavy (non-hydrogen) atoms. The van der Waals surface area contributed by atoms with E-state index >= 15 is 0 Å². The van der Waals surface area contributed by atoms with Crippen molar-refractivity contribution in [3.8, 4) is 0 Å². The summed E-state index contributed by atoms with van der Waals surface area (Å²) in [6.07, 6.45) is 6.85. The number of hydrogen-bond acceptors (Lipinski definition) is 3. The second kappa shape index (κ2) is 5.28. The molecule has 1 aliphatic rings. The van der Waals surface area contributed by atoms with E-state index in [4.69, 9.17) is 4.74 Å². The van der Waals surface area contributed by atoms with E-state index in [1.165, 1.54) is 32.1 Å². The van der Waals surface area contributed by atoms with Gasteiger partial charge in [-0.3, -0.25) is 0 Å². The predicted molar refractivity (Wildman–Crippen MR) is 67.7 cm³/mol. The minimum atomic E-state index is -0.225. The number of nitrogens with zero attached hydrogens (tertiary/aromatic N) is 1. The average Bonchev–Trinajstić information content (AvgIpc) is 2.82. The second-order valence-corrected chi connectivity index (χ2v) is 5.92. The van der Waals surface area contributed by atoms with Crippen LogP contribution in [0.3, 0.4) is 0 Å². The fourth-order valence-electron chi connectivity index (χ4n) is 2.26. The van der Waals surface area contributed by atoms with Gasteiger partial charge in [-0.25, -0.2) is 4.98 Å². The first-order valence-electron chi connectivity index (χ1n) is 6.21. The van der Waals surface area contributed by atoms with Gasteiger partial charge >= 0.3 is 0 Å². The summed E-state index contributed by atoms with van der Waals surface area (Å²) in [7, 11) is 0. The van der Waals surface area contributed by atoms with Crippen LogP contribution < -0.4 is 0 Å². The molecule has 2 rings (SSSR count). The SMILES string of the molecule is CC(C)(OCC1CCCCC1)c1cscn1. The van der Waals surface area contributed by atoms with Crippen LogP contribution in [0.5, 0.6) is 0 Å². The summed E-state index contributed by atoms with van der Waals surface area (Å²) in [5, 5.41) is 2.08. The molecule has 0 N–H and O–H groups in total.